The molecule has 0 aromatic heterocycles. The maximum Gasteiger partial charge on any atom is 0.315 e. The van der Waals surface area contributed by atoms with Crippen LogP contribution < -0.4 is 21.3 Å². The van der Waals surface area contributed by atoms with Crippen molar-refractivity contribution in [3.05, 3.63) is 0 Å². The summed E-state index contributed by atoms with van der Waals surface area (Å²) < 4.78 is 28.0. The summed E-state index contributed by atoms with van der Waals surface area (Å²) in [4.78, 5) is 69.8. The average molecular weight is 707 g/mol. The van der Waals surface area contributed by atoms with Crippen molar-refractivity contribution in [1.29, 1.82) is 0 Å². The number of Topliss-reactive ketones (excluding diaryl/α,β-unsaturated/α-hetero) is 1. The zero-order chi connectivity index (χ0) is 35.6. The number of carbonyl (C=O) groups is 5. The predicted octanol–water partition coefficient (Wildman–Crippen LogP) is 2.59. The smallest absolute Gasteiger partial charge is 0.315 e. The lowest BCUT2D eigenvalue weighted by molar-refractivity contribution is -0.144. The molecule has 2 saturated carbocycles. The van der Waals surface area contributed by atoms with Gasteiger partial charge in [0, 0.05) is 26.7 Å². The Kier molecular flexibility index (Phi) is 11.7. The highest BCUT2D eigenvalue weighted by atomic mass is 32.2. The molecule has 3 saturated heterocycles. The van der Waals surface area contributed by atoms with Crippen molar-refractivity contribution in [3.63, 3.8) is 0 Å². The number of urea groups is 1. The van der Waals surface area contributed by atoms with Gasteiger partial charge in [-0.2, -0.15) is 0 Å². The fourth-order valence-electron chi connectivity index (χ4n) is 9.17. The third kappa shape index (κ3) is 7.79. The molecule has 4 N–H and O–H groups in total. The number of fused-ring (bicyclic) bond motifs is 3. The van der Waals surface area contributed by atoms with Gasteiger partial charge in [0.15, 0.2) is 0 Å². The summed E-state index contributed by atoms with van der Waals surface area (Å²) in [6, 6.07) is -3.27. The van der Waals surface area contributed by atoms with Gasteiger partial charge in [0.1, 0.15) is 12.1 Å². The Morgan fingerprint density at radius 1 is 0.918 bits per heavy atom. The topological polar surface area (TPSA) is 174 Å². The lowest BCUT2D eigenvalue weighted by atomic mass is 9.78. The van der Waals surface area contributed by atoms with Crippen LogP contribution in [0.2, 0.25) is 0 Å². The van der Waals surface area contributed by atoms with Crippen LogP contribution in [-0.2, 0) is 29.2 Å². The van der Waals surface area contributed by atoms with E-state index in [4.69, 9.17) is 0 Å². The molecule has 0 radical (unpaired) electrons. The predicted molar refractivity (Wildman–Crippen MR) is 185 cm³/mol. The van der Waals surface area contributed by atoms with Crippen LogP contribution in [0, 0.1) is 17.3 Å². The van der Waals surface area contributed by atoms with Gasteiger partial charge in [-0.25, -0.2) is 17.5 Å². The van der Waals surface area contributed by atoms with Crippen LogP contribution >= 0.6 is 0 Å². The first-order valence-electron chi connectivity index (χ1n) is 18.7. The van der Waals surface area contributed by atoms with E-state index < -0.39 is 62.6 Å². The van der Waals surface area contributed by atoms with E-state index in [1.54, 1.807) is 11.9 Å². The number of hydrogen-bond acceptors (Lipinski definition) is 7. The zero-order valence-electron chi connectivity index (χ0n) is 29.9. The summed E-state index contributed by atoms with van der Waals surface area (Å²) in [5, 5.41) is 10.8. The molecular weight excluding hydrogens is 648 g/mol. The number of piperidine rings is 1. The number of sulfonamides is 1. The SMILES string of the molecule is CCCNC(=O)C(=O)[C@@H]1CCCCCCCC[C@H](NC(=O)NC2([C@@H]3CCN(C)S3(=O)=O)CCCCC2)C(=O)N2C[C@H]3[C@@H]([C@H]2C(=O)N1)C3(C)C. The maximum atomic E-state index is 14.4. The number of rotatable bonds is 7. The fourth-order valence-corrected chi connectivity index (χ4v) is 11.2. The van der Waals surface area contributed by atoms with Gasteiger partial charge in [-0.3, -0.25) is 19.2 Å². The van der Waals surface area contributed by atoms with Crippen LogP contribution in [0.15, 0.2) is 0 Å². The summed E-state index contributed by atoms with van der Waals surface area (Å²) in [6.07, 6.45) is 10.5. The second-order valence-corrected chi connectivity index (χ2v) is 18.0. The van der Waals surface area contributed by atoms with E-state index in [9.17, 15) is 32.4 Å². The summed E-state index contributed by atoms with van der Waals surface area (Å²) in [5.41, 5.74) is -1.09. The lowest BCUT2D eigenvalue weighted by Gasteiger charge is -2.42. The van der Waals surface area contributed by atoms with Gasteiger partial charge in [0.25, 0.3) is 5.91 Å². The highest BCUT2D eigenvalue weighted by Gasteiger charge is 2.69. The van der Waals surface area contributed by atoms with Crippen LogP contribution in [0.5, 0.6) is 0 Å². The molecule has 5 rings (SSSR count). The van der Waals surface area contributed by atoms with Crippen molar-refractivity contribution in [2.75, 3.05) is 26.7 Å². The van der Waals surface area contributed by atoms with Crippen molar-refractivity contribution in [2.24, 2.45) is 17.3 Å². The molecule has 3 heterocycles. The second kappa shape index (κ2) is 15.2. The number of ketones is 1. The largest absolute Gasteiger partial charge is 0.349 e. The quantitative estimate of drug-likeness (QED) is 0.295. The van der Waals surface area contributed by atoms with Crippen LogP contribution in [-0.4, -0.2) is 103 Å². The van der Waals surface area contributed by atoms with Gasteiger partial charge >= 0.3 is 6.03 Å². The van der Waals surface area contributed by atoms with E-state index in [0.717, 1.165) is 44.9 Å². The molecule has 0 spiro atoms. The van der Waals surface area contributed by atoms with Crippen LogP contribution in [0.1, 0.15) is 117 Å². The first kappa shape index (κ1) is 37.5. The Labute approximate surface area is 291 Å². The van der Waals surface area contributed by atoms with E-state index >= 15 is 0 Å². The van der Waals surface area contributed by atoms with E-state index in [1.807, 2.05) is 6.92 Å². The van der Waals surface area contributed by atoms with Gasteiger partial charge < -0.3 is 26.2 Å². The van der Waals surface area contributed by atoms with E-state index in [1.165, 1.54) is 4.31 Å². The van der Waals surface area contributed by atoms with Gasteiger partial charge in [-0.15, -0.1) is 0 Å². The molecule has 2 aliphatic carbocycles. The lowest BCUT2D eigenvalue weighted by Crippen LogP contribution is -2.63. The molecule has 5 amide bonds. The van der Waals surface area contributed by atoms with Crippen molar-refractivity contribution >= 4 is 39.6 Å². The third-order valence-electron chi connectivity index (χ3n) is 12.2. The van der Waals surface area contributed by atoms with Gasteiger partial charge in [-0.05, 0) is 55.8 Å². The number of carbonyl (C=O) groups excluding carboxylic acids is 5. The molecule has 14 heteroatoms. The molecule has 3 aliphatic heterocycles. The molecule has 0 aromatic rings. The van der Waals surface area contributed by atoms with E-state index in [-0.39, 0.29) is 23.2 Å². The molecule has 5 fully saturated rings. The maximum absolute atomic E-state index is 14.4. The van der Waals surface area contributed by atoms with Crippen molar-refractivity contribution in [1.82, 2.24) is 30.5 Å². The molecule has 0 bridgehead atoms. The minimum Gasteiger partial charge on any atom is -0.349 e. The summed E-state index contributed by atoms with van der Waals surface area (Å²) in [5.74, 6) is -2.18. The summed E-state index contributed by atoms with van der Waals surface area (Å²) >= 11 is 0. The second-order valence-electron chi connectivity index (χ2n) is 15.8. The van der Waals surface area contributed by atoms with Crippen LogP contribution in [0.4, 0.5) is 4.79 Å². The van der Waals surface area contributed by atoms with Crippen molar-refractivity contribution < 1.29 is 32.4 Å². The van der Waals surface area contributed by atoms with E-state index in [0.29, 0.717) is 71.0 Å². The first-order chi connectivity index (χ1) is 23.2. The van der Waals surface area contributed by atoms with Crippen molar-refractivity contribution in [2.45, 2.75) is 146 Å². The number of nitrogens with zero attached hydrogens (tertiary/aromatic N) is 2. The standard InChI is InChI=1S/C35H58N6O7S/c1-5-20-36-31(44)29(42)24-15-11-8-6-7-9-12-16-25(32(45)41-22-23-27(34(23,2)3)28(41)30(43)37-24)38-33(46)39-35(18-13-10-14-19-35)26-17-21-40(4)49(26,47)48/h23-28H,5-22H2,1-4H3,(H,36,44)(H,37,43)(H2,38,39,46)/t23-,24-,25-,26-,27-,28-/m0/s1. The fraction of sp³-hybridized carbons (Fsp3) is 0.857. The van der Waals surface area contributed by atoms with Crippen LogP contribution in [0.25, 0.3) is 0 Å². The normalized spacial score (nSPS) is 33.2. The Bertz CT molecular complexity index is 1380. The Morgan fingerprint density at radius 2 is 1.55 bits per heavy atom. The minimum atomic E-state index is -3.58. The molecule has 13 nitrogen and oxygen atoms in total. The first-order valence-corrected chi connectivity index (χ1v) is 20.2. The minimum absolute atomic E-state index is 0.0950. The molecule has 0 unspecified atom stereocenters. The molecule has 0 aromatic carbocycles. The highest BCUT2D eigenvalue weighted by Crippen LogP contribution is 2.65. The molecular formula is C35H58N6O7S. The van der Waals surface area contributed by atoms with Gasteiger partial charge in [0.05, 0.1) is 16.8 Å². The Morgan fingerprint density at radius 3 is 2.18 bits per heavy atom. The molecule has 49 heavy (non-hydrogen) atoms. The summed E-state index contributed by atoms with van der Waals surface area (Å²) in [7, 11) is -2.00. The van der Waals surface area contributed by atoms with Crippen molar-refractivity contribution in [3.8, 4) is 0 Å². The van der Waals surface area contributed by atoms with Crippen LogP contribution in [0.3, 0.4) is 0 Å². The Balaban J connectivity index is 1.37. The third-order valence-corrected chi connectivity index (χ3v) is 14.7. The monoisotopic (exact) mass is 706 g/mol. The van der Waals surface area contributed by atoms with Gasteiger partial charge in [-0.1, -0.05) is 78.6 Å². The zero-order valence-corrected chi connectivity index (χ0v) is 30.7. The Hall–Kier alpha value is -2.74. The summed E-state index contributed by atoms with van der Waals surface area (Å²) in [6.45, 7) is 7.19. The average Bonchev–Trinajstić information content (AvgIpc) is 3.32. The van der Waals surface area contributed by atoms with Gasteiger partial charge in [0.2, 0.25) is 27.6 Å². The molecule has 276 valence electrons. The molecule has 5 aliphatic rings. The molecule has 6 atom stereocenters. The highest BCUT2D eigenvalue weighted by molar-refractivity contribution is 7.90. The van der Waals surface area contributed by atoms with E-state index in [2.05, 4.69) is 35.1 Å². The number of amides is 5. The number of nitrogens with one attached hydrogen (secondary N) is 4. The number of hydrogen-bond donors (Lipinski definition) is 4.